The van der Waals surface area contributed by atoms with E-state index in [4.69, 9.17) is 14.2 Å². The van der Waals surface area contributed by atoms with E-state index >= 15 is 0 Å². The van der Waals surface area contributed by atoms with Crippen LogP contribution in [-0.2, 0) is 19.0 Å². The zero-order valence-electron chi connectivity index (χ0n) is 21.2. The molecule has 184 valence electrons. The van der Waals surface area contributed by atoms with E-state index in [1.54, 1.807) is 0 Å². The molecule has 0 saturated carbocycles. The summed E-state index contributed by atoms with van der Waals surface area (Å²) in [5.41, 5.74) is 0. The summed E-state index contributed by atoms with van der Waals surface area (Å²) in [4.78, 5) is 11.8. The molecule has 0 N–H and O–H groups in total. The monoisotopic (exact) mass is 440 g/mol. The van der Waals surface area contributed by atoms with Crippen LogP contribution in [0.15, 0.2) is 0 Å². The Bertz CT molecular complexity index is 433. The largest absolute Gasteiger partial charge is 0.463 e. The number of hydrogen-bond donors (Lipinski definition) is 0. The molecule has 31 heavy (non-hydrogen) atoms. The van der Waals surface area contributed by atoms with Crippen LogP contribution in [0.25, 0.3) is 0 Å². The van der Waals surface area contributed by atoms with Crippen molar-refractivity contribution in [2.24, 2.45) is 5.92 Å². The first-order valence-electron chi connectivity index (χ1n) is 13.4. The highest BCUT2D eigenvalue weighted by Crippen LogP contribution is 2.22. The van der Waals surface area contributed by atoms with Gasteiger partial charge in [-0.05, 0) is 26.2 Å². The van der Waals surface area contributed by atoms with Crippen LogP contribution in [0, 0.1) is 5.92 Å². The first-order valence-corrected chi connectivity index (χ1v) is 13.4. The molecule has 4 nitrogen and oxygen atoms in total. The van der Waals surface area contributed by atoms with Crippen LogP contribution in [0.1, 0.15) is 137 Å². The van der Waals surface area contributed by atoms with Gasteiger partial charge in [-0.3, -0.25) is 4.79 Å². The van der Waals surface area contributed by atoms with Gasteiger partial charge < -0.3 is 14.2 Å². The topological polar surface area (TPSA) is 44.8 Å². The average Bonchev–Trinajstić information content (AvgIpc) is 3.07. The quantitative estimate of drug-likeness (QED) is 0.142. The minimum Gasteiger partial charge on any atom is -0.463 e. The number of carbonyl (C=O) groups is 1. The lowest BCUT2D eigenvalue weighted by molar-refractivity contribution is -0.158. The highest BCUT2D eigenvalue weighted by atomic mass is 16.7. The third-order valence-electron chi connectivity index (χ3n) is 6.16. The van der Waals surface area contributed by atoms with Crippen molar-refractivity contribution in [1.82, 2.24) is 0 Å². The van der Waals surface area contributed by atoms with E-state index in [1.165, 1.54) is 89.9 Å². The predicted molar refractivity (Wildman–Crippen MR) is 129 cm³/mol. The molecule has 0 bridgehead atoms. The van der Waals surface area contributed by atoms with Crippen LogP contribution in [0.4, 0.5) is 0 Å². The number of carbonyl (C=O) groups excluding carboxylic acids is 1. The van der Waals surface area contributed by atoms with Crippen LogP contribution in [0.3, 0.4) is 0 Å². The van der Waals surface area contributed by atoms with Gasteiger partial charge in [-0.15, -0.1) is 0 Å². The second kappa shape index (κ2) is 17.9. The summed E-state index contributed by atoms with van der Waals surface area (Å²) in [6, 6.07) is 0. The van der Waals surface area contributed by atoms with Gasteiger partial charge in [-0.2, -0.15) is 0 Å². The second-order valence-corrected chi connectivity index (χ2v) is 10.4. The number of hydrogen-bond acceptors (Lipinski definition) is 4. The SMILES string of the molecule is CC(C)CCCCCCCCCCCCCCCCCC(=O)OCC1COC(C)(C)O1. The predicted octanol–water partition coefficient (Wildman–Crippen LogP) is 7.97. The molecule has 1 rings (SSSR count). The van der Waals surface area contributed by atoms with Crippen molar-refractivity contribution in [1.29, 1.82) is 0 Å². The third-order valence-corrected chi connectivity index (χ3v) is 6.16. The zero-order valence-corrected chi connectivity index (χ0v) is 21.2. The van der Waals surface area contributed by atoms with E-state index in [2.05, 4.69) is 13.8 Å². The first kappa shape index (κ1) is 28.4. The molecule has 1 atom stereocenters. The standard InChI is InChI=1S/C27H52O4/c1-24(2)20-18-16-14-12-10-8-6-5-7-9-11-13-15-17-19-21-26(28)29-22-25-23-30-27(3,4)31-25/h24-25H,5-23H2,1-4H3. The minimum atomic E-state index is -0.552. The Morgan fingerprint density at radius 3 is 1.68 bits per heavy atom. The highest BCUT2D eigenvalue weighted by Gasteiger charge is 2.33. The second-order valence-electron chi connectivity index (χ2n) is 10.4. The van der Waals surface area contributed by atoms with Gasteiger partial charge in [0.1, 0.15) is 12.7 Å². The van der Waals surface area contributed by atoms with Gasteiger partial charge in [-0.25, -0.2) is 0 Å². The van der Waals surface area contributed by atoms with Crippen molar-refractivity contribution in [3.8, 4) is 0 Å². The number of unbranched alkanes of at least 4 members (excludes halogenated alkanes) is 14. The molecule has 1 saturated heterocycles. The normalized spacial score (nSPS) is 18.0. The Morgan fingerprint density at radius 2 is 1.26 bits per heavy atom. The van der Waals surface area contributed by atoms with Crippen LogP contribution in [0.5, 0.6) is 0 Å². The van der Waals surface area contributed by atoms with Gasteiger partial charge in [0.15, 0.2) is 5.79 Å². The fourth-order valence-electron chi connectivity index (χ4n) is 4.22. The average molecular weight is 441 g/mol. The molecule has 1 heterocycles. The van der Waals surface area contributed by atoms with Crippen molar-refractivity contribution < 1.29 is 19.0 Å². The van der Waals surface area contributed by atoms with Crippen molar-refractivity contribution in [2.45, 2.75) is 149 Å². The van der Waals surface area contributed by atoms with Crippen LogP contribution in [-0.4, -0.2) is 31.1 Å². The number of ether oxygens (including phenoxy) is 3. The maximum Gasteiger partial charge on any atom is 0.305 e. The Morgan fingerprint density at radius 1 is 0.806 bits per heavy atom. The lowest BCUT2D eigenvalue weighted by Gasteiger charge is -2.16. The molecule has 0 radical (unpaired) electrons. The van der Waals surface area contributed by atoms with Crippen molar-refractivity contribution >= 4 is 5.97 Å². The van der Waals surface area contributed by atoms with Gasteiger partial charge in [0.2, 0.25) is 0 Å². The van der Waals surface area contributed by atoms with E-state index in [1.807, 2.05) is 13.8 Å². The number of rotatable bonds is 20. The van der Waals surface area contributed by atoms with E-state index < -0.39 is 5.79 Å². The van der Waals surface area contributed by atoms with Gasteiger partial charge in [-0.1, -0.05) is 110 Å². The van der Waals surface area contributed by atoms with Crippen LogP contribution >= 0.6 is 0 Å². The maximum atomic E-state index is 11.8. The summed E-state index contributed by atoms with van der Waals surface area (Å²) >= 11 is 0. The molecule has 0 aromatic heterocycles. The minimum absolute atomic E-state index is 0.108. The van der Waals surface area contributed by atoms with Gasteiger partial charge in [0, 0.05) is 6.42 Å². The summed E-state index contributed by atoms with van der Waals surface area (Å²) in [7, 11) is 0. The van der Waals surface area contributed by atoms with Crippen molar-refractivity contribution in [3.63, 3.8) is 0 Å². The molecular weight excluding hydrogens is 388 g/mol. The van der Waals surface area contributed by atoms with E-state index in [0.717, 1.165) is 18.8 Å². The Balaban J connectivity index is 1.74. The third kappa shape index (κ3) is 17.6. The summed E-state index contributed by atoms with van der Waals surface area (Å²) < 4.78 is 16.4. The zero-order chi connectivity index (χ0) is 22.8. The molecule has 1 aliphatic rings. The molecular formula is C27H52O4. The van der Waals surface area contributed by atoms with Crippen molar-refractivity contribution in [2.75, 3.05) is 13.2 Å². The molecule has 0 aromatic rings. The molecule has 1 aliphatic heterocycles. The van der Waals surface area contributed by atoms with Crippen LogP contribution < -0.4 is 0 Å². The molecule has 4 heteroatoms. The van der Waals surface area contributed by atoms with E-state index in [-0.39, 0.29) is 12.1 Å². The van der Waals surface area contributed by atoms with Crippen LogP contribution in [0.2, 0.25) is 0 Å². The lowest BCUT2D eigenvalue weighted by atomic mass is 10.0. The van der Waals surface area contributed by atoms with E-state index in [0.29, 0.717) is 19.6 Å². The fourth-order valence-corrected chi connectivity index (χ4v) is 4.22. The number of esters is 1. The van der Waals surface area contributed by atoms with Gasteiger partial charge in [0.05, 0.1) is 6.61 Å². The van der Waals surface area contributed by atoms with Gasteiger partial charge in [0.25, 0.3) is 0 Å². The fraction of sp³-hybridized carbons (Fsp3) is 0.963. The Kier molecular flexibility index (Phi) is 16.4. The summed E-state index contributed by atoms with van der Waals surface area (Å²) in [6.07, 6.45) is 21.9. The smallest absolute Gasteiger partial charge is 0.305 e. The molecule has 0 aromatic carbocycles. The Labute approximate surface area is 193 Å². The summed E-state index contributed by atoms with van der Waals surface area (Å²) in [5.74, 6) is 0.211. The van der Waals surface area contributed by atoms with Gasteiger partial charge >= 0.3 is 5.97 Å². The Hall–Kier alpha value is -0.610. The maximum absolute atomic E-state index is 11.8. The molecule has 0 spiro atoms. The molecule has 0 aliphatic carbocycles. The molecule has 1 fully saturated rings. The van der Waals surface area contributed by atoms with E-state index in [9.17, 15) is 4.79 Å². The lowest BCUT2D eigenvalue weighted by Crippen LogP contribution is -2.25. The highest BCUT2D eigenvalue weighted by molar-refractivity contribution is 5.69. The van der Waals surface area contributed by atoms with Crippen molar-refractivity contribution in [3.05, 3.63) is 0 Å². The summed E-state index contributed by atoms with van der Waals surface area (Å²) in [5, 5.41) is 0. The first-order chi connectivity index (χ1) is 14.9. The molecule has 1 unspecified atom stereocenters. The molecule has 0 amide bonds. The summed E-state index contributed by atoms with van der Waals surface area (Å²) in [6.45, 7) is 9.22.